The van der Waals surface area contributed by atoms with Crippen molar-refractivity contribution in [3.8, 4) is 0 Å². The van der Waals surface area contributed by atoms with Crippen molar-refractivity contribution in [1.82, 2.24) is 0 Å². The normalized spacial score (nSPS) is 11.4. The molecule has 0 aromatic heterocycles. The Balaban J connectivity index is 3.76. The summed E-state index contributed by atoms with van der Waals surface area (Å²) in [5.41, 5.74) is 0.839. The third kappa shape index (κ3) is 5.61. The summed E-state index contributed by atoms with van der Waals surface area (Å²) in [5, 5.41) is 8.49. The first-order valence-electron chi connectivity index (χ1n) is 3.65. The molecule has 0 saturated heterocycles. The summed E-state index contributed by atoms with van der Waals surface area (Å²) in [6, 6.07) is 0. The summed E-state index contributed by atoms with van der Waals surface area (Å²) in [7, 11) is 0. The van der Waals surface area contributed by atoms with Crippen molar-refractivity contribution in [3.05, 3.63) is 11.6 Å². The Morgan fingerprint density at radius 2 is 2.27 bits per heavy atom. The van der Waals surface area contributed by atoms with E-state index in [1.165, 1.54) is 6.08 Å². The van der Waals surface area contributed by atoms with Crippen LogP contribution in [-0.2, 0) is 9.53 Å². The monoisotopic (exact) mass is 158 g/mol. The van der Waals surface area contributed by atoms with Gasteiger partial charge in [0.25, 0.3) is 0 Å². The number of ether oxygens (including phenoxy) is 1. The van der Waals surface area contributed by atoms with Crippen molar-refractivity contribution in [2.75, 3.05) is 13.2 Å². The van der Waals surface area contributed by atoms with Gasteiger partial charge in [0, 0.05) is 12.7 Å². The van der Waals surface area contributed by atoms with E-state index in [0.29, 0.717) is 13.0 Å². The highest BCUT2D eigenvalue weighted by Gasteiger charge is 1.96. The molecular weight excluding hydrogens is 144 g/mol. The zero-order valence-electron chi connectivity index (χ0n) is 6.96. The van der Waals surface area contributed by atoms with Crippen LogP contribution < -0.4 is 0 Å². The zero-order valence-corrected chi connectivity index (χ0v) is 6.96. The van der Waals surface area contributed by atoms with E-state index in [9.17, 15) is 4.79 Å². The van der Waals surface area contributed by atoms with Crippen LogP contribution in [0.5, 0.6) is 0 Å². The number of hydrogen-bond donors (Lipinski definition) is 1. The van der Waals surface area contributed by atoms with Crippen molar-refractivity contribution >= 4 is 5.97 Å². The minimum atomic E-state index is -0.335. The molecule has 0 aliphatic rings. The molecule has 0 rings (SSSR count). The Hall–Kier alpha value is -0.830. The average molecular weight is 158 g/mol. The van der Waals surface area contributed by atoms with Gasteiger partial charge >= 0.3 is 5.97 Å². The summed E-state index contributed by atoms with van der Waals surface area (Å²) in [6.07, 6.45) is 1.93. The van der Waals surface area contributed by atoms with E-state index in [1.54, 1.807) is 13.8 Å². The van der Waals surface area contributed by atoms with Gasteiger partial charge in [-0.2, -0.15) is 0 Å². The summed E-state index contributed by atoms with van der Waals surface area (Å²) >= 11 is 0. The van der Waals surface area contributed by atoms with Gasteiger partial charge < -0.3 is 9.84 Å². The topological polar surface area (TPSA) is 46.5 Å². The first-order chi connectivity index (χ1) is 5.20. The molecule has 0 bridgehead atoms. The highest BCUT2D eigenvalue weighted by molar-refractivity contribution is 5.82. The molecule has 0 aromatic rings. The maximum absolute atomic E-state index is 10.7. The molecule has 1 N–H and O–H groups in total. The Morgan fingerprint density at radius 1 is 1.64 bits per heavy atom. The van der Waals surface area contributed by atoms with Crippen LogP contribution in [0.1, 0.15) is 20.3 Å². The minimum absolute atomic E-state index is 0.0712. The number of carbonyl (C=O) groups excluding carboxylic acids is 1. The molecule has 0 heterocycles. The van der Waals surface area contributed by atoms with Gasteiger partial charge in [-0.05, 0) is 20.3 Å². The lowest BCUT2D eigenvalue weighted by molar-refractivity contribution is -0.137. The third-order valence-corrected chi connectivity index (χ3v) is 1.16. The van der Waals surface area contributed by atoms with Crippen molar-refractivity contribution < 1.29 is 14.6 Å². The maximum atomic E-state index is 10.7. The molecular formula is C8H14O3. The molecule has 0 unspecified atom stereocenters. The van der Waals surface area contributed by atoms with Gasteiger partial charge in [-0.25, -0.2) is 4.79 Å². The van der Waals surface area contributed by atoms with Crippen LogP contribution in [0.4, 0.5) is 0 Å². The second kappa shape index (κ2) is 5.92. The average Bonchev–Trinajstić information content (AvgIpc) is 1.87. The van der Waals surface area contributed by atoms with E-state index in [-0.39, 0.29) is 12.6 Å². The van der Waals surface area contributed by atoms with Crippen LogP contribution in [0, 0.1) is 0 Å². The maximum Gasteiger partial charge on any atom is 0.330 e. The fourth-order valence-electron chi connectivity index (χ4n) is 0.634. The summed E-state index contributed by atoms with van der Waals surface area (Å²) in [5.74, 6) is -0.335. The molecule has 3 heteroatoms. The number of carbonyl (C=O) groups is 1. The van der Waals surface area contributed by atoms with E-state index in [0.717, 1.165) is 5.57 Å². The first-order valence-corrected chi connectivity index (χ1v) is 3.65. The Kier molecular flexibility index (Phi) is 5.47. The van der Waals surface area contributed by atoms with E-state index in [4.69, 9.17) is 5.11 Å². The van der Waals surface area contributed by atoms with Crippen LogP contribution in [0.3, 0.4) is 0 Å². The van der Waals surface area contributed by atoms with E-state index in [2.05, 4.69) is 4.74 Å². The van der Waals surface area contributed by atoms with Gasteiger partial charge in [0.1, 0.15) is 0 Å². The van der Waals surface area contributed by atoms with Crippen molar-refractivity contribution in [2.45, 2.75) is 20.3 Å². The van der Waals surface area contributed by atoms with Crippen molar-refractivity contribution in [3.63, 3.8) is 0 Å². The molecule has 64 valence electrons. The fraction of sp³-hybridized carbons (Fsp3) is 0.625. The van der Waals surface area contributed by atoms with Crippen LogP contribution in [-0.4, -0.2) is 24.3 Å². The molecule has 0 spiro atoms. The quantitative estimate of drug-likeness (QED) is 0.488. The Morgan fingerprint density at radius 3 is 2.73 bits per heavy atom. The van der Waals surface area contributed by atoms with Crippen molar-refractivity contribution in [2.24, 2.45) is 0 Å². The summed E-state index contributed by atoms with van der Waals surface area (Å²) in [6.45, 7) is 4.00. The van der Waals surface area contributed by atoms with Crippen molar-refractivity contribution in [1.29, 1.82) is 0 Å². The number of rotatable bonds is 4. The highest BCUT2D eigenvalue weighted by Crippen LogP contribution is 1.98. The smallest absolute Gasteiger partial charge is 0.330 e. The third-order valence-electron chi connectivity index (χ3n) is 1.16. The van der Waals surface area contributed by atoms with Gasteiger partial charge in [0.2, 0.25) is 0 Å². The molecule has 0 atom stereocenters. The number of aliphatic hydroxyl groups excluding tert-OH is 1. The highest BCUT2D eigenvalue weighted by atomic mass is 16.5. The minimum Gasteiger partial charge on any atom is -0.463 e. The molecule has 11 heavy (non-hydrogen) atoms. The Bertz CT molecular complexity index is 149. The van der Waals surface area contributed by atoms with Gasteiger partial charge in [-0.3, -0.25) is 0 Å². The molecule has 0 aromatic carbocycles. The largest absolute Gasteiger partial charge is 0.463 e. The zero-order chi connectivity index (χ0) is 8.69. The molecule has 0 saturated carbocycles. The van der Waals surface area contributed by atoms with Gasteiger partial charge in [0.05, 0.1) is 6.61 Å². The standard InChI is InChI=1S/C8H14O3/c1-3-11-8(10)6-7(2)4-5-9/h6,9H,3-5H2,1-2H3. The van der Waals surface area contributed by atoms with Gasteiger partial charge in [-0.1, -0.05) is 5.57 Å². The van der Waals surface area contributed by atoms with E-state index < -0.39 is 0 Å². The lowest BCUT2D eigenvalue weighted by Crippen LogP contribution is -2.00. The van der Waals surface area contributed by atoms with Gasteiger partial charge in [0.15, 0.2) is 0 Å². The number of esters is 1. The SMILES string of the molecule is CCOC(=O)C=C(C)CCO. The van der Waals surface area contributed by atoms with Crippen LogP contribution in [0.15, 0.2) is 11.6 Å². The van der Waals surface area contributed by atoms with Crippen LogP contribution in [0.2, 0.25) is 0 Å². The van der Waals surface area contributed by atoms with E-state index in [1.807, 2.05) is 0 Å². The molecule has 0 amide bonds. The predicted octanol–water partition coefficient (Wildman–Crippen LogP) is 0.878. The molecule has 3 nitrogen and oxygen atoms in total. The molecule has 0 aliphatic carbocycles. The lowest BCUT2D eigenvalue weighted by atomic mass is 10.2. The second-order valence-corrected chi connectivity index (χ2v) is 2.22. The Labute approximate surface area is 66.7 Å². The molecule has 0 radical (unpaired) electrons. The summed E-state index contributed by atoms with van der Waals surface area (Å²) in [4.78, 5) is 10.7. The lowest BCUT2D eigenvalue weighted by Gasteiger charge is -1.97. The number of hydrogen-bond acceptors (Lipinski definition) is 3. The summed E-state index contributed by atoms with van der Waals surface area (Å²) < 4.78 is 4.66. The molecule has 0 fully saturated rings. The van der Waals surface area contributed by atoms with Crippen LogP contribution in [0.25, 0.3) is 0 Å². The van der Waals surface area contributed by atoms with Crippen LogP contribution >= 0.6 is 0 Å². The number of aliphatic hydroxyl groups is 1. The van der Waals surface area contributed by atoms with Gasteiger partial charge in [-0.15, -0.1) is 0 Å². The molecule has 0 aliphatic heterocycles. The predicted molar refractivity (Wildman–Crippen MR) is 42.1 cm³/mol. The van der Waals surface area contributed by atoms with E-state index >= 15 is 0 Å². The first kappa shape index (κ1) is 10.2. The second-order valence-electron chi connectivity index (χ2n) is 2.22. The fourth-order valence-corrected chi connectivity index (χ4v) is 0.634.